The van der Waals surface area contributed by atoms with E-state index in [2.05, 4.69) is 44.5 Å². The Morgan fingerprint density at radius 2 is 1.76 bits per heavy atom. The molecule has 2 aliphatic rings. The predicted octanol–water partition coefficient (Wildman–Crippen LogP) is 7.59. The van der Waals surface area contributed by atoms with E-state index in [1.807, 2.05) is 63.6 Å². The number of nitrogens with zero attached hydrogens (tertiary/aromatic N) is 2. The molecule has 2 atom stereocenters. The van der Waals surface area contributed by atoms with Crippen LogP contribution >= 0.6 is 0 Å². The molecule has 12 heteroatoms. The van der Waals surface area contributed by atoms with Crippen LogP contribution in [0.4, 0.5) is 15.4 Å². The molecule has 1 aliphatic carbocycles. The Bertz CT molecular complexity index is 1340. The first-order valence-electron chi connectivity index (χ1n) is 16.0. The summed E-state index contributed by atoms with van der Waals surface area (Å²) in [6.07, 6.45) is 0.524. The van der Waals surface area contributed by atoms with Gasteiger partial charge in [-0.2, -0.15) is 5.10 Å². The number of ether oxygens (including phenoxy) is 4. The molecule has 45 heavy (non-hydrogen) atoms. The lowest BCUT2D eigenvalue weighted by atomic mass is 10.0. The van der Waals surface area contributed by atoms with E-state index in [1.54, 1.807) is 0 Å². The van der Waals surface area contributed by atoms with Crippen LogP contribution < -0.4 is 15.1 Å². The van der Waals surface area contributed by atoms with Crippen molar-refractivity contribution in [3.8, 4) is 5.75 Å². The van der Waals surface area contributed by atoms with E-state index in [0.717, 1.165) is 29.7 Å². The molecular formula is C33H52N4O7Si. The van der Waals surface area contributed by atoms with Crippen LogP contribution in [0.2, 0.25) is 18.1 Å². The van der Waals surface area contributed by atoms with Crippen LogP contribution in [-0.2, 0) is 31.1 Å². The number of hydrogen-bond donors (Lipinski definition) is 2. The van der Waals surface area contributed by atoms with Gasteiger partial charge in [0.25, 0.3) is 0 Å². The van der Waals surface area contributed by atoms with E-state index in [4.69, 9.17) is 28.5 Å². The van der Waals surface area contributed by atoms with Gasteiger partial charge >= 0.3 is 12.2 Å². The topological polar surface area (TPSA) is 122 Å². The van der Waals surface area contributed by atoms with Gasteiger partial charge in [-0.15, -0.1) is 0 Å². The third kappa shape index (κ3) is 8.80. The van der Waals surface area contributed by atoms with E-state index in [9.17, 15) is 9.59 Å². The molecule has 1 aliphatic heterocycles. The van der Waals surface area contributed by atoms with Crippen molar-refractivity contribution < 1.29 is 33.0 Å². The molecule has 250 valence electrons. The summed E-state index contributed by atoms with van der Waals surface area (Å²) >= 11 is 0. The molecule has 1 aromatic heterocycles. The van der Waals surface area contributed by atoms with Gasteiger partial charge in [0.05, 0.1) is 30.0 Å². The molecule has 11 nitrogen and oxygen atoms in total. The maximum atomic E-state index is 13.2. The lowest BCUT2D eigenvalue weighted by Crippen LogP contribution is -2.44. The SMILES string of the molecule is CC(C)NC(=O)O[C@@H]1CC[C@H](c2cc(NC(=O)OCc3cccc(O[Si](C)(C)C(C)(C)C)c3C3OCCO3)n(C(C)(C)C)n2)C1. The molecule has 2 fully saturated rings. The molecule has 0 bridgehead atoms. The molecule has 0 unspecified atom stereocenters. The fourth-order valence-corrected chi connectivity index (χ4v) is 6.28. The molecular weight excluding hydrogens is 592 g/mol. The van der Waals surface area contributed by atoms with Gasteiger partial charge in [0.15, 0.2) is 6.29 Å². The Kier molecular flexibility index (Phi) is 10.6. The monoisotopic (exact) mass is 644 g/mol. The van der Waals surface area contributed by atoms with Crippen LogP contribution in [0.1, 0.15) is 104 Å². The molecule has 1 saturated carbocycles. The van der Waals surface area contributed by atoms with Crippen molar-refractivity contribution in [1.82, 2.24) is 15.1 Å². The van der Waals surface area contributed by atoms with Gasteiger partial charge in [0.2, 0.25) is 8.32 Å². The van der Waals surface area contributed by atoms with Gasteiger partial charge in [-0.1, -0.05) is 32.9 Å². The number of nitrogens with one attached hydrogen (secondary N) is 2. The van der Waals surface area contributed by atoms with Crippen molar-refractivity contribution in [2.75, 3.05) is 18.5 Å². The summed E-state index contributed by atoms with van der Waals surface area (Å²) in [6, 6.07) is 7.66. The highest BCUT2D eigenvalue weighted by Crippen LogP contribution is 2.42. The van der Waals surface area contributed by atoms with Crippen molar-refractivity contribution in [2.45, 2.75) is 129 Å². The second kappa shape index (κ2) is 13.7. The van der Waals surface area contributed by atoms with Crippen LogP contribution in [-0.4, -0.2) is 55.6 Å². The van der Waals surface area contributed by atoms with Crippen LogP contribution in [0, 0.1) is 0 Å². The molecule has 0 spiro atoms. The van der Waals surface area contributed by atoms with Gasteiger partial charge < -0.3 is 28.7 Å². The highest BCUT2D eigenvalue weighted by atomic mass is 28.4. The Morgan fingerprint density at radius 1 is 1.07 bits per heavy atom. The number of carbonyl (C=O) groups is 2. The first-order chi connectivity index (χ1) is 20.9. The summed E-state index contributed by atoms with van der Waals surface area (Å²) in [4.78, 5) is 25.3. The number of hydrogen-bond acceptors (Lipinski definition) is 8. The molecule has 2 aromatic rings. The second-order valence-electron chi connectivity index (χ2n) is 14.8. The van der Waals surface area contributed by atoms with Crippen LogP contribution in [0.25, 0.3) is 0 Å². The van der Waals surface area contributed by atoms with E-state index in [-0.39, 0.29) is 29.7 Å². The van der Waals surface area contributed by atoms with E-state index in [0.29, 0.717) is 31.2 Å². The van der Waals surface area contributed by atoms with Gasteiger partial charge in [-0.3, -0.25) is 5.32 Å². The van der Waals surface area contributed by atoms with Crippen LogP contribution in [0.3, 0.4) is 0 Å². The predicted molar refractivity (Wildman–Crippen MR) is 175 cm³/mol. The zero-order chi connectivity index (χ0) is 33.2. The first-order valence-corrected chi connectivity index (χ1v) is 18.9. The third-order valence-electron chi connectivity index (χ3n) is 8.62. The molecule has 0 radical (unpaired) electrons. The Labute approximate surface area is 268 Å². The van der Waals surface area contributed by atoms with Gasteiger partial charge in [-0.25, -0.2) is 14.3 Å². The highest BCUT2D eigenvalue weighted by molar-refractivity contribution is 6.74. The zero-order valence-corrected chi connectivity index (χ0v) is 29.6. The molecule has 2 amide bonds. The number of amides is 2. The largest absolute Gasteiger partial charge is 0.543 e. The van der Waals surface area contributed by atoms with Gasteiger partial charge in [-0.05, 0) is 78.1 Å². The lowest BCUT2D eigenvalue weighted by Gasteiger charge is -2.37. The zero-order valence-electron chi connectivity index (χ0n) is 28.6. The fraction of sp³-hybridized carbons (Fsp3) is 0.667. The van der Waals surface area contributed by atoms with Crippen LogP contribution in [0.15, 0.2) is 24.3 Å². The minimum Gasteiger partial charge on any atom is -0.543 e. The number of anilines is 1. The summed E-state index contributed by atoms with van der Waals surface area (Å²) in [5.74, 6) is 1.35. The van der Waals surface area contributed by atoms with E-state index in [1.165, 1.54) is 0 Å². The summed E-state index contributed by atoms with van der Waals surface area (Å²) in [7, 11) is -2.17. The second-order valence-corrected chi connectivity index (χ2v) is 19.6. The van der Waals surface area contributed by atoms with Crippen molar-refractivity contribution in [3.05, 3.63) is 41.1 Å². The van der Waals surface area contributed by atoms with Crippen molar-refractivity contribution in [1.29, 1.82) is 0 Å². The number of benzene rings is 1. The minimum absolute atomic E-state index is 0.00225. The number of alkyl carbamates (subject to hydrolysis) is 1. The quantitative estimate of drug-likeness (QED) is 0.268. The average Bonchev–Trinajstić information content (AvgIpc) is 3.67. The smallest absolute Gasteiger partial charge is 0.413 e. The lowest BCUT2D eigenvalue weighted by molar-refractivity contribution is -0.0463. The fourth-order valence-electron chi connectivity index (χ4n) is 5.25. The van der Waals surface area contributed by atoms with E-state index < -0.39 is 32.3 Å². The Balaban J connectivity index is 1.48. The Hall–Kier alpha value is -3.09. The summed E-state index contributed by atoms with van der Waals surface area (Å²) in [5.41, 5.74) is 1.97. The Morgan fingerprint density at radius 3 is 2.38 bits per heavy atom. The molecule has 2 heterocycles. The summed E-state index contributed by atoms with van der Waals surface area (Å²) in [6.45, 7) is 21.8. The maximum absolute atomic E-state index is 13.2. The van der Waals surface area contributed by atoms with Gasteiger partial charge in [0, 0.05) is 23.6 Å². The average molecular weight is 645 g/mol. The standard InChI is InChI=1S/C33H52N4O7Si/c1-21(2)34-31(39)43-24-15-14-22(18-24)25-19-27(37(36-25)32(3,4)5)35-30(38)42-20-23-12-11-13-26(28(23)29-40-16-17-41-29)44-45(9,10)33(6,7)8/h11-13,19,21-22,24,29H,14-18,20H2,1-10H3,(H,34,39)(H,35,38)/t22-,24+/m0/s1. The van der Waals surface area contributed by atoms with Crippen molar-refractivity contribution in [2.24, 2.45) is 0 Å². The molecule has 2 N–H and O–H groups in total. The maximum Gasteiger partial charge on any atom is 0.413 e. The third-order valence-corrected chi connectivity index (χ3v) is 13.0. The summed E-state index contributed by atoms with van der Waals surface area (Å²) < 4.78 is 31.7. The van der Waals surface area contributed by atoms with Crippen molar-refractivity contribution in [3.63, 3.8) is 0 Å². The molecule has 1 saturated heterocycles. The number of aromatic nitrogens is 2. The van der Waals surface area contributed by atoms with Gasteiger partial charge in [0.1, 0.15) is 24.3 Å². The number of carbonyl (C=O) groups excluding carboxylic acids is 2. The van der Waals surface area contributed by atoms with E-state index >= 15 is 0 Å². The van der Waals surface area contributed by atoms with Crippen LogP contribution in [0.5, 0.6) is 5.75 Å². The van der Waals surface area contributed by atoms with Crippen molar-refractivity contribution >= 4 is 26.3 Å². The normalized spacial score (nSPS) is 19.5. The molecule has 4 rings (SSSR count). The molecule has 1 aromatic carbocycles. The minimum atomic E-state index is -2.17. The number of rotatable bonds is 9. The highest BCUT2D eigenvalue weighted by Gasteiger charge is 2.40. The summed E-state index contributed by atoms with van der Waals surface area (Å²) in [5, 5.41) is 10.6. The first kappa shape index (κ1) is 34.8.